The van der Waals surface area contributed by atoms with Crippen molar-refractivity contribution in [1.82, 2.24) is 5.32 Å². The first kappa shape index (κ1) is 23.9. The van der Waals surface area contributed by atoms with Crippen molar-refractivity contribution < 1.29 is 28.6 Å². The Balaban J connectivity index is 2.68. The summed E-state index contributed by atoms with van der Waals surface area (Å²) in [6, 6.07) is 7.26. The second-order valence-corrected chi connectivity index (χ2v) is 6.79. The van der Waals surface area contributed by atoms with Gasteiger partial charge < -0.3 is 19.5 Å². The Morgan fingerprint density at radius 2 is 1.39 bits per heavy atom. The Bertz CT molecular complexity index is 901. The van der Waals surface area contributed by atoms with E-state index >= 15 is 0 Å². The van der Waals surface area contributed by atoms with Crippen LogP contribution in [0.25, 0.3) is 6.08 Å². The third-order valence-electron chi connectivity index (χ3n) is 4.74. The van der Waals surface area contributed by atoms with E-state index in [2.05, 4.69) is 5.32 Å². The Morgan fingerprint density at radius 1 is 0.871 bits per heavy atom. The first-order valence-corrected chi connectivity index (χ1v) is 10.3. The fraction of sp³-hybridized carbons (Fsp3) is 0.375. The molecule has 1 aliphatic heterocycles. The van der Waals surface area contributed by atoms with Crippen molar-refractivity contribution in [2.45, 2.75) is 40.5 Å². The average molecular weight is 427 g/mol. The van der Waals surface area contributed by atoms with Gasteiger partial charge in [-0.05, 0) is 51.8 Å². The van der Waals surface area contributed by atoms with Crippen molar-refractivity contribution in [3.63, 3.8) is 0 Å². The van der Waals surface area contributed by atoms with E-state index in [0.29, 0.717) is 33.7 Å². The van der Waals surface area contributed by atoms with E-state index in [1.807, 2.05) is 24.3 Å². The molecule has 1 aliphatic rings. The highest BCUT2D eigenvalue weighted by Crippen LogP contribution is 2.40. The standard InChI is InChI=1S/C24H29NO6/c1-6-29-19(26)14-13-17-11-9-10-12-18(17)22-20(23(27)30-7-2)15(4)25-16(5)21(22)24(28)31-8-3/h9-14,22,25H,6-8H2,1-5H3/b14-13+. The number of ether oxygens (including phenoxy) is 3. The van der Waals surface area contributed by atoms with E-state index in [9.17, 15) is 14.4 Å². The molecule has 2 rings (SSSR count). The second-order valence-electron chi connectivity index (χ2n) is 6.79. The zero-order valence-corrected chi connectivity index (χ0v) is 18.6. The maximum Gasteiger partial charge on any atom is 0.336 e. The molecule has 0 bridgehead atoms. The van der Waals surface area contributed by atoms with Crippen LogP contribution in [-0.4, -0.2) is 37.7 Å². The number of dihydropyridines is 1. The number of allylic oxidation sites excluding steroid dienone is 2. The smallest absolute Gasteiger partial charge is 0.336 e. The minimum Gasteiger partial charge on any atom is -0.463 e. The van der Waals surface area contributed by atoms with Crippen molar-refractivity contribution in [1.29, 1.82) is 0 Å². The van der Waals surface area contributed by atoms with E-state index in [0.717, 1.165) is 0 Å². The summed E-state index contributed by atoms with van der Waals surface area (Å²) in [4.78, 5) is 37.6. The lowest BCUT2D eigenvalue weighted by atomic mass is 9.78. The first-order valence-electron chi connectivity index (χ1n) is 10.3. The fourth-order valence-electron chi connectivity index (χ4n) is 3.54. The lowest BCUT2D eigenvalue weighted by Crippen LogP contribution is -2.32. The Hall–Kier alpha value is -3.35. The van der Waals surface area contributed by atoms with Gasteiger partial charge in [-0.1, -0.05) is 24.3 Å². The van der Waals surface area contributed by atoms with Crippen LogP contribution in [0.5, 0.6) is 0 Å². The maximum atomic E-state index is 12.9. The van der Waals surface area contributed by atoms with Crippen LogP contribution in [0.4, 0.5) is 0 Å². The van der Waals surface area contributed by atoms with Gasteiger partial charge in [0.05, 0.1) is 36.9 Å². The van der Waals surface area contributed by atoms with Gasteiger partial charge in [0, 0.05) is 17.5 Å². The molecule has 0 aliphatic carbocycles. The molecule has 0 saturated carbocycles. The lowest BCUT2D eigenvalue weighted by molar-refractivity contribution is -0.140. The predicted molar refractivity (Wildman–Crippen MR) is 117 cm³/mol. The molecule has 0 unspecified atom stereocenters. The van der Waals surface area contributed by atoms with Gasteiger partial charge in [0.1, 0.15) is 0 Å². The van der Waals surface area contributed by atoms with E-state index < -0.39 is 23.8 Å². The highest BCUT2D eigenvalue weighted by molar-refractivity contribution is 6.00. The van der Waals surface area contributed by atoms with Crippen LogP contribution >= 0.6 is 0 Å². The molecule has 1 heterocycles. The van der Waals surface area contributed by atoms with Gasteiger partial charge in [0.25, 0.3) is 0 Å². The molecule has 0 radical (unpaired) electrons. The molecule has 0 fully saturated rings. The minimum absolute atomic E-state index is 0.199. The van der Waals surface area contributed by atoms with Gasteiger partial charge in [0.2, 0.25) is 0 Å². The van der Waals surface area contributed by atoms with Crippen molar-refractivity contribution in [2.24, 2.45) is 0 Å². The highest BCUT2D eigenvalue weighted by Gasteiger charge is 2.38. The normalized spacial score (nSPS) is 14.5. The largest absolute Gasteiger partial charge is 0.463 e. The molecular weight excluding hydrogens is 398 g/mol. The van der Waals surface area contributed by atoms with Crippen molar-refractivity contribution >= 4 is 24.0 Å². The fourth-order valence-corrected chi connectivity index (χ4v) is 3.54. The lowest BCUT2D eigenvalue weighted by Gasteiger charge is -2.31. The summed E-state index contributed by atoms with van der Waals surface area (Å²) >= 11 is 0. The SMILES string of the molecule is CCOC(=O)/C=C/c1ccccc1C1C(C(=O)OCC)=C(C)NC(C)=C1C(=O)OCC. The minimum atomic E-state index is -0.720. The van der Waals surface area contributed by atoms with E-state index in [1.165, 1.54) is 6.08 Å². The molecule has 7 heteroatoms. The Morgan fingerprint density at radius 3 is 1.90 bits per heavy atom. The summed E-state index contributed by atoms with van der Waals surface area (Å²) in [5.74, 6) is -2.23. The molecule has 0 spiro atoms. The quantitative estimate of drug-likeness (QED) is 0.385. The maximum absolute atomic E-state index is 12.9. The number of benzene rings is 1. The molecule has 31 heavy (non-hydrogen) atoms. The highest BCUT2D eigenvalue weighted by atomic mass is 16.5. The number of carbonyl (C=O) groups is 3. The van der Waals surface area contributed by atoms with Crippen LogP contribution in [-0.2, 0) is 28.6 Å². The molecular formula is C24H29NO6. The number of hydrogen-bond acceptors (Lipinski definition) is 7. The summed E-state index contributed by atoms with van der Waals surface area (Å²) in [6.07, 6.45) is 2.94. The predicted octanol–water partition coefficient (Wildman–Crippen LogP) is 3.62. The van der Waals surface area contributed by atoms with Gasteiger partial charge >= 0.3 is 17.9 Å². The Labute approximate surface area is 182 Å². The summed E-state index contributed by atoms with van der Waals surface area (Å²) in [5.41, 5.74) is 3.19. The van der Waals surface area contributed by atoms with Crippen LogP contribution in [0, 0.1) is 0 Å². The number of hydrogen-bond donors (Lipinski definition) is 1. The summed E-state index contributed by atoms with van der Waals surface area (Å²) < 4.78 is 15.5. The van der Waals surface area contributed by atoms with Crippen LogP contribution in [0.15, 0.2) is 52.9 Å². The summed E-state index contributed by atoms with van der Waals surface area (Å²) in [6.45, 7) is 9.37. The molecule has 0 saturated heterocycles. The van der Waals surface area contributed by atoms with E-state index in [1.54, 1.807) is 40.7 Å². The molecule has 1 aromatic carbocycles. The molecule has 166 valence electrons. The summed E-state index contributed by atoms with van der Waals surface area (Å²) in [5, 5.41) is 3.11. The van der Waals surface area contributed by atoms with E-state index in [-0.39, 0.29) is 19.8 Å². The van der Waals surface area contributed by atoms with Crippen LogP contribution < -0.4 is 5.32 Å². The zero-order chi connectivity index (χ0) is 23.0. The van der Waals surface area contributed by atoms with Gasteiger partial charge in [0.15, 0.2) is 0 Å². The molecule has 0 aromatic heterocycles. The van der Waals surface area contributed by atoms with Crippen LogP contribution in [0.1, 0.15) is 51.7 Å². The number of carbonyl (C=O) groups excluding carboxylic acids is 3. The van der Waals surface area contributed by atoms with Crippen molar-refractivity contribution in [3.05, 3.63) is 64.0 Å². The van der Waals surface area contributed by atoms with E-state index in [4.69, 9.17) is 14.2 Å². The molecule has 1 N–H and O–H groups in total. The average Bonchev–Trinajstić information content (AvgIpc) is 2.72. The summed E-state index contributed by atoms with van der Waals surface area (Å²) in [7, 11) is 0. The van der Waals surface area contributed by atoms with Crippen molar-refractivity contribution in [2.75, 3.05) is 19.8 Å². The monoisotopic (exact) mass is 427 g/mol. The van der Waals surface area contributed by atoms with Crippen LogP contribution in [0.2, 0.25) is 0 Å². The molecule has 0 amide bonds. The number of rotatable bonds is 8. The number of nitrogens with one attached hydrogen (secondary N) is 1. The third kappa shape index (κ3) is 5.63. The van der Waals surface area contributed by atoms with Gasteiger partial charge in [-0.15, -0.1) is 0 Å². The first-order chi connectivity index (χ1) is 14.8. The molecule has 7 nitrogen and oxygen atoms in total. The molecule has 1 aromatic rings. The van der Waals surface area contributed by atoms with Crippen LogP contribution in [0.3, 0.4) is 0 Å². The third-order valence-corrected chi connectivity index (χ3v) is 4.74. The number of esters is 3. The van der Waals surface area contributed by atoms with Crippen molar-refractivity contribution in [3.8, 4) is 0 Å². The zero-order valence-electron chi connectivity index (χ0n) is 18.6. The Kier molecular flexibility index (Phi) is 8.61. The van der Waals surface area contributed by atoms with Gasteiger partial charge in [-0.2, -0.15) is 0 Å². The van der Waals surface area contributed by atoms with Gasteiger partial charge in [-0.25, -0.2) is 14.4 Å². The topological polar surface area (TPSA) is 90.9 Å². The molecule has 0 atom stereocenters. The second kappa shape index (κ2) is 11.2. The van der Waals surface area contributed by atoms with Gasteiger partial charge in [-0.3, -0.25) is 0 Å².